The van der Waals surface area contributed by atoms with E-state index in [1.807, 2.05) is 24.4 Å². The second-order valence-electron chi connectivity index (χ2n) is 5.32. The van der Waals surface area contributed by atoms with Crippen LogP contribution < -0.4 is 10.6 Å². The van der Waals surface area contributed by atoms with Gasteiger partial charge in [-0.05, 0) is 26.1 Å². The van der Waals surface area contributed by atoms with Gasteiger partial charge in [-0.25, -0.2) is 4.98 Å². The Morgan fingerprint density at radius 3 is 2.95 bits per heavy atom. The van der Waals surface area contributed by atoms with Gasteiger partial charge in [0, 0.05) is 38.4 Å². The lowest BCUT2D eigenvalue weighted by Gasteiger charge is -2.38. The Morgan fingerprint density at radius 2 is 2.21 bits per heavy atom. The molecule has 5 heteroatoms. The van der Waals surface area contributed by atoms with Gasteiger partial charge in [0.05, 0.1) is 5.69 Å². The molecule has 102 valence electrons. The van der Waals surface area contributed by atoms with Crippen LogP contribution in [0.3, 0.4) is 0 Å². The Kier molecular flexibility index (Phi) is 3.16. The molecule has 0 radical (unpaired) electrons. The highest BCUT2D eigenvalue weighted by Gasteiger charge is 2.26. The summed E-state index contributed by atoms with van der Waals surface area (Å²) < 4.78 is 2.10. The molecule has 5 nitrogen and oxygen atoms in total. The van der Waals surface area contributed by atoms with E-state index in [0.717, 1.165) is 36.8 Å². The topological polar surface area (TPSA) is 49.8 Å². The molecule has 1 unspecified atom stereocenters. The Balaban J connectivity index is 2.04. The van der Waals surface area contributed by atoms with Gasteiger partial charge in [0.25, 0.3) is 0 Å². The highest BCUT2D eigenvalue weighted by atomic mass is 15.3. The number of likely N-dealkylation sites (N-methyl/N-ethyl adjacent to an activating group) is 1. The number of nitrogens with zero attached hydrogens (tertiary/aromatic N) is 4. The van der Waals surface area contributed by atoms with Crippen LogP contribution in [0, 0.1) is 0 Å². The van der Waals surface area contributed by atoms with Gasteiger partial charge in [-0.1, -0.05) is 6.07 Å². The van der Waals surface area contributed by atoms with E-state index in [2.05, 4.69) is 28.2 Å². The van der Waals surface area contributed by atoms with Crippen LogP contribution in [0.5, 0.6) is 0 Å². The fourth-order valence-corrected chi connectivity index (χ4v) is 2.91. The van der Waals surface area contributed by atoms with Crippen molar-refractivity contribution in [2.45, 2.75) is 19.5 Å². The minimum absolute atomic E-state index is 0.467. The van der Waals surface area contributed by atoms with Crippen LogP contribution in [0.15, 0.2) is 24.4 Å². The third-order valence-corrected chi connectivity index (χ3v) is 3.90. The number of hydrogen-bond acceptors (Lipinski definition) is 4. The van der Waals surface area contributed by atoms with E-state index in [9.17, 15) is 0 Å². The Morgan fingerprint density at radius 1 is 1.37 bits per heavy atom. The quantitative estimate of drug-likeness (QED) is 0.872. The molecular formula is C14H21N5. The molecule has 3 rings (SSSR count). The van der Waals surface area contributed by atoms with Gasteiger partial charge in [-0.2, -0.15) is 0 Å². The van der Waals surface area contributed by atoms with Crippen molar-refractivity contribution >= 4 is 11.5 Å². The zero-order chi connectivity index (χ0) is 13.4. The molecule has 0 amide bonds. The van der Waals surface area contributed by atoms with E-state index >= 15 is 0 Å². The maximum atomic E-state index is 5.94. The monoisotopic (exact) mass is 259 g/mol. The molecule has 1 aliphatic heterocycles. The number of nitrogens with two attached hydrogens (primary N) is 1. The van der Waals surface area contributed by atoms with Crippen LogP contribution in [-0.4, -0.2) is 47.0 Å². The molecule has 19 heavy (non-hydrogen) atoms. The maximum Gasteiger partial charge on any atom is 0.152 e. The first kappa shape index (κ1) is 12.4. The molecule has 0 spiro atoms. The number of imidazole rings is 1. The summed E-state index contributed by atoms with van der Waals surface area (Å²) in [5.74, 6) is 1.05. The van der Waals surface area contributed by atoms with Crippen molar-refractivity contribution in [2.75, 3.05) is 31.6 Å². The van der Waals surface area contributed by atoms with Crippen LogP contribution in [0.25, 0.3) is 5.65 Å². The van der Waals surface area contributed by atoms with Gasteiger partial charge in [0.1, 0.15) is 5.65 Å². The largest absolute Gasteiger partial charge is 0.350 e. The minimum Gasteiger partial charge on any atom is -0.350 e. The average molecular weight is 259 g/mol. The number of aromatic nitrogens is 2. The van der Waals surface area contributed by atoms with Gasteiger partial charge >= 0.3 is 0 Å². The first-order valence-electron chi connectivity index (χ1n) is 6.82. The van der Waals surface area contributed by atoms with E-state index in [4.69, 9.17) is 10.7 Å². The third kappa shape index (κ3) is 2.09. The highest BCUT2D eigenvalue weighted by Crippen LogP contribution is 2.24. The lowest BCUT2D eigenvalue weighted by Crippen LogP contribution is -2.51. The van der Waals surface area contributed by atoms with Crippen molar-refractivity contribution in [3.05, 3.63) is 30.1 Å². The Labute approximate surface area is 113 Å². The van der Waals surface area contributed by atoms with Crippen LogP contribution >= 0.6 is 0 Å². The Hall–Kier alpha value is -1.59. The predicted octanol–water partition coefficient (Wildman–Crippen LogP) is 0.933. The summed E-state index contributed by atoms with van der Waals surface area (Å²) in [6.07, 6.45) is 2.04. The van der Waals surface area contributed by atoms with Gasteiger partial charge in [0.2, 0.25) is 0 Å². The summed E-state index contributed by atoms with van der Waals surface area (Å²) >= 11 is 0. The third-order valence-electron chi connectivity index (χ3n) is 3.90. The molecule has 0 aromatic carbocycles. The van der Waals surface area contributed by atoms with Crippen LogP contribution in [0.2, 0.25) is 0 Å². The van der Waals surface area contributed by atoms with E-state index in [1.54, 1.807) is 0 Å². The van der Waals surface area contributed by atoms with E-state index in [1.165, 1.54) is 0 Å². The van der Waals surface area contributed by atoms with Crippen LogP contribution in [0.4, 0.5) is 5.82 Å². The van der Waals surface area contributed by atoms with Crippen molar-refractivity contribution in [1.82, 2.24) is 14.3 Å². The molecule has 0 bridgehead atoms. The van der Waals surface area contributed by atoms with Gasteiger partial charge < -0.3 is 19.9 Å². The van der Waals surface area contributed by atoms with E-state index in [-0.39, 0.29) is 0 Å². The molecule has 1 fully saturated rings. The first-order chi connectivity index (χ1) is 9.20. The molecule has 2 aromatic heterocycles. The van der Waals surface area contributed by atoms with E-state index in [0.29, 0.717) is 12.6 Å². The lowest BCUT2D eigenvalue weighted by atomic mass is 10.2. The van der Waals surface area contributed by atoms with Crippen molar-refractivity contribution < 1.29 is 0 Å². The van der Waals surface area contributed by atoms with Crippen molar-refractivity contribution in [1.29, 1.82) is 0 Å². The smallest absolute Gasteiger partial charge is 0.152 e. The first-order valence-corrected chi connectivity index (χ1v) is 6.82. The molecule has 1 atom stereocenters. The zero-order valence-electron chi connectivity index (χ0n) is 11.6. The normalized spacial score (nSPS) is 21.2. The van der Waals surface area contributed by atoms with Crippen molar-refractivity contribution in [3.8, 4) is 0 Å². The number of anilines is 1. The fraction of sp³-hybridized carbons (Fsp3) is 0.500. The van der Waals surface area contributed by atoms with Crippen molar-refractivity contribution in [2.24, 2.45) is 5.73 Å². The standard InChI is InChI=1S/C14H21N5/c1-11-10-17(2)7-8-18(11)14-12(9-15)19-6-4-3-5-13(19)16-14/h3-6,11H,7-10,15H2,1-2H3. The summed E-state index contributed by atoms with van der Waals surface area (Å²) in [5.41, 5.74) is 8.02. The molecule has 2 aromatic rings. The summed E-state index contributed by atoms with van der Waals surface area (Å²) in [6.45, 7) is 5.91. The molecule has 0 aliphatic carbocycles. The van der Waals surface area contributed by atoms with Crippen LogP contribution in [-0.2, 0) is 6.54 Å². The summed E-state index contributed by atoms with van der Waals surface area (Å²) in [7, 11) is 2.17. The molecule has 2 N–H and O–H groups in total. The summed E-state index contributed by atoms with van der Waals surface area (Å²) in [4.78, 5) is 9.52. The van der Waals surface area contributed by atoms with Crippen molar-refractivity contribution in [3.63, 3.8) is 0 Å². The lowest BCUT2D eigenvalue weighted by molar-refractivity contribution is 0.274. The number of rotatable bonds is 2. The fourth-order valence-electron chi connectivity index (χ4n) is 2.91. The Bertz CT molecular complexity index is 576. The van der Waals surface area contributed by atoms with Gasteiger partial charge in [0.15, 0.2) is 5.82 Å². The maximum absolute atomic E-state index is 5.94. The SMILES string of the molecule is CC1CN(C)CCN1c1nc2ccccn2c1CN. The molecule has 3 heterocycles. The number of pyridine rings is 1. The highest BCUT2D eigenvalue weighted by molar-refractivity contribution is 5.56. The molecule has 1 aliphatic rings. The number of fused-ring (bicyclic) bond motifs is 1. The number of piperazine rings is 1. The number of hydrogen-bond donors (Lipinski definition) is 1. The van der Waals surface area contributed by atoms with Crippen LogP contribution in [0.1, 0.15) is 12.6 Å². The molecule has 0 saturated carbocycles. The molecular weight excluding hydrogens is 238 g/mol. The zero-order valence-corrected chi connectivity index (χ0v) is 11.6. The predicted molar refractivity (Wildman–Crippen MR) is 77.4 cm³/mol. The second-order valence-corrected chi connectivity index (χ2v) is 5.32. The van der Waals surface area contributed by atoms with Gasteiger partial charge in [-0.15, -0.1) is 0 Å². The van der Waals surface area contributed by atoms with Gasteiger partial charge in [-0.3, -0.25) is 0 Å². The average Bonchev–Trinajstić information content (AvgIpc) is 2.76. The molecule has 1 saturated heterocycles. The minimum atomic E-state index is 0.467. The summed E-state index contributed by atoms with van der Waals surface area (Å²) in [6, 6.07) is 6.53. The second kappa shape index (κ2) is 4.83. The summed E-state index contributed by atoms with van der Waals surface area (Å²) in [5, 5.41) is 0. The van der Waals surface area contributed by atoms with E-state index < -0.39 is 0 Å².